The van der Waals surface area contributed by atoms with Crippen LogP contribution in [0.25, 0.3) is 16.9 Å². The van der Waals surface area contributed by atoms with Gasteiger partial charge in [0.25, 0.3) is 0 Å². The third kappa shape index (κ3) is 2.89. The summed E-state index contributed by atoms with van der Waals surface area (Å²) in [4.78, 5) is 0. The van der Waals surface area contributed by atoms with E-state index < -0.39 is 0 Å². The molecule has 6 heteroatoms. The fourth-order valence-corrected chi connectivity index (χ4v) is 2.38. The van der Waals surface area contributed by atoms with E-state index in [1.165, 1.54) is 0 Å². The highest BCUT2D eigenvalue weighted by molar-refractivity contribution is 5.63. The number of nitrogens with zero attached hydrogens (tertiary/aromatic N) is 3. The van der Waals surface area contributed by atoms with Crippen LogP contribution in [0.1, 0.15) is 5.56 Å². The third-order valence-electron chi connectivity index (χ3n) is 3.58. The van der Waals surface area contributed by atoms with Gasteiger partial charge in [-0.15, -0.1) is 5.10 Å². The molecule has 6 nitrogen and oxygen atoms in total. The van der Waals surface area contributed by atoms with E-state index in [0.29, 0.717) is 17.2 Å². The van der Waals surface area contributed by atoms with Crippen molar-refractivity contribution < 1.29 is 14.6 Å². The molecule has 0 unspecified atom stereocenters. The lowest BCUT2D eigenvalue weighted by Gasteiger charge is -2.08. The predicted molar refractivity (Wildman–Crippen MR) is 85.8 cm³/mol. The van der Waals surface area contributed by atoms with Gasteiger partial charge in [0.15, 0.2) is 11.5 Å². The van der Waals surface area contributed by atoms with Crippen molar-refractivity contribution in [1.29, 1.82) is 0 Å². The van der Waals surface area contributed by atoms with Gasteiger partial charge in [0.05, 0.1) is 32.7 Å². The molecule has 118 valence electrons. The molecular formula is C17H17N3O3. The molecule has 0 fully saturated rings. The van der Waals surface area contributed by atoms with Crippen molar-refractivity contribution in [3.8, 4) is 28.4 Å². The molecule has 0 amide bonds. The second kappa shape index (κ2) is 6.50. The number of hydrogen-bond donors (Lipinski definition) is 1. The molecule has 1 heterocycles. The number of methoxy groups -OCH3 is 2. The quantitative estimate of drug-likeness (QED) is 0.784. The number of ether oxygens (including phenoxy) is 2. The zero-order chi connectivity index (χ0) is 16.2. The minimum absolute atomic E-state index is 0.0538. The number of benzene rings is 2. The number of aliphatic hydroxyl groups is 1. The summed E-state index contributed by atoms with van der Waals surface area (Å²) < 4.78 is 12.2. The lowest BCUT2D eigenvalue weighted by atomic mass is 10.1. The standard InChI is InChI=1S/C17H17N3O3/c1-22-16-8-7-12(9-17(16)23-2)14-10-20(19-18-14)15-6-4-3-5-13(15)11-21/h3-10,21H,11H2,1-2H3. The van der Waals surface area contributed by atoms with Gasteiger partial charge in [-0.2, -0.15) is 0 Å². The van der Waals surface area contributed by atoms with Gasteiger partial charge in [-0.3, -0.25) is 0 Å². The molecule has 23 heavy (non-hydrogen) atoms. The van der Waals surface area contributed by atoms with Crippen LogP contribution < -0.4 is 9.47 Å². The summed E-state index contributed by atoms with van der Waals surface area (Å²) in [6.07, 6.45) is 1.82. The first kappa shape index (κ1) is 15.1. The Labute approximate surface area is 133 Å². The number of rotatable bonds is 5. The van der Waals surface area contributed by atoms with Crippen molar-refractivity contribution in [3.05, 3.63) is 54.2 Å². The van der Waals surface area contributed by atoms with Crippen molar-refractivity contribution in [2.75, 3.05) is 14.2 Å². The summed E-state index contributed by atoms with van der Waals surface area (Å²) in [5.74, 6) is 1.30. The normalized spacial score (nSPS) is 10.6. The van der Waals surface area contributed by atoms with Crippen LogP contribution in [-0.2, 0) is 6.61 Å². The van der Waals surface area contributed by atoms with Crippen LogP contribution in [0.2, 0.25) is 0 Å². The molecule has 2 aromatic carbocycles. The van der Waals surface area contributed by atoms with E-state index >= 15 is 0 Å². The molecule has 0 aliphatic heterocycles. The highest BCUT2D eigenvalue weighted by atomic mass is 16.5. The molecule has 0 aliphatic rings. The summed E-state index contributed by atoms with van der Waals surface area (Å²) >= 11 is 0. The van der Waals surface area contributed by atoms with E-state index in [4.69, 9.17) is 9.47 Å². The van der Waals surface area contributed by atoms with E-state index in [1.807, 2.05) is 48.7 Å². The summed E-state index contributed by atoms with van der Waals surface area (Å²) in [5.41, 5.74) is 3.17. The second-order valence-electron chi connectivity index (χ2n) is 4.90. The second-order valence-corrected chi connectivity index (χ2v) is 4.90. The van der Waals surface area contributed by atoms with Gasteiger partial charge in [-0.05, 0) is 24.3 Å². The van der Waals surface area contributed by atoms with Gasteiger partial charge >= 0.3 is 0 Å². The van der Waals surface area contributed by atoms with Crippen molar-refractivity contribution >= 4 is 0 Å². The lowest BCUT2D eigenvalue weighted by Crippen LogP contribution is -2.00. The molecule has 3 aromatic rings. The van der Waals surface area contributed by atoms with Crippen LogP contribution in [-0.4, -0.2) is 34.3 Å². The van der Waals surface area contributed by atoms with E-state index in [-0.39, 0.29) is 6.61 Å². The van der Waals surface area contributed by atoms with Crippen LogP contribution in [0.3, 0.4) is 0 Å². The van der Waals surface area contributed by atoms with Gasteiger partial charge < -0.3 is 14.6 Å². The number of aromatic nitrogens is 3. The lowest BCUT2D eigenvalue weighted by molar-refractivity contribution is 0.281. The Morgan fingerprint density at radius 1 is 1.04 bits per heavy atom. The van der Waals surface area contributed by atoms with E-state index in [2.05, 4.69) is 10.3 Å². The minimum atomic E-state index is -0.0538. The smallest absolute Gasteiger partial charge is 0.161 e. The zero-order valence-electron chi connectivity index (χ0n) is 12.9. The number of aliphatic hydroxyl groups excluding tert-OH is 1. The number of para-hydroxylation sites is 1. The largest absolute Gasteiger partial charge is 0.493 e. The molecule has 0 radical (unpaired) electrons. The van der Waals surface area contributed by atoms with Crippen LogP contribution in [0.4, 0.5) is 0 Å². The Kier molecular flexibility index (Phi) is 4.25. The molecule has 0 aliphatic carbocycles. The third-order valence-corrected chi connectivity index (χ3v) is 3.58. The number of hydrogen-bond acceptors (Lipinski definition) is 5. The molecule has 1 aromatic heterocycles. The molecule has 0 atom stereocenters. The Hall–Kier alpha value is -2.86. The Bertz CT molecular complexity index is 814. The monoisotopic (exact) mass is 311 g/mol. The molecule has 0 bridgehead atoms. The van der Waals surface area contributed by atoms with Crippen molar-refractivity contribution in [3.63, 3.8) is 0 Å². The van der Waals surface area contributed by atoms with Crippen LogP contribution >= 0.6 is 0 Å². The first-order chi connectivity index (χ1) is 11.3. The molecular weight excluding hydrogens is 294 g/mol. The van der Waals surface area contributed by atoms with E-state index in [1.54, 1.807) is 18.9 Å². The summed E-state index contributed by atoms with van der Waals surface area (Å²) in [6.45, 7) is -0.0538. The van der Waals surface area contributed by atoms with Gasteiger partial charge in [0, 0.05) is 11.1 Å². The van der Waals surface area contributed by atoms with Crippen molar-refractivity contribution in [2.45, 2.75) is 6.61 Å². The summed E-state index contributed by atoms with van der Waals surface area (Å²) in [5, 5.41) is 17.8. The summed E-state index contributed by atoms with van der Waals surface area (Å²) in [6, 6.07) is 13.1. The van der Waals surface area contributed by atoms with Gasteiger partial charge in [0.2, 0.25) is 0 Å². The first-order valence-corrected chi connectivity index (χ1v) is 7.10. The average Bonchev–Trinajstić information content (AvgIpc) is 3.11. The van der Waals surface area contributed by atoms with Crippen molar-refractivity contribution in [2.24, 2.45) is 0 Å². The molecule has 1 N–H and O–H groups in total. The Morgan fingerprint density at radius 2 is 1.83 bits per heavy atom. The average molecular weight is 311 g/mol. The SMILES string of the molecule is COc1ccc(-c2cn(-c3ccccc3CO)nn2)cc1OC. The fraction of sp³-hybridized carbons (Fsp3) is 0.176. The van der Waals surface area contributed by atoms with Crippen LogP contribution in [0.5, 0.6) is 11.5 Å². The van der Waals surface area contributed by atoms with Gasteiger partial charge in [0.1, 0.15) is 5.69 Å². The maximum atomic E-state index is 9.44. The van der Waals surface area contributed by atoms with Gasteiger partial charge in [-0.1, -0.05) is 23.4 Å². The van der Waals surface area contributed by atoms with Crippen LogP contribution in [0, 0.1) is 0 Å². The minimum Gasteiger partial charge on any atom is -0.493 e. The molecule has 0 saturated carbocycles. The predicted octanol–water partition coefficient (Wildman–Crippen LogP) is 2.44. The molecule has 0 saturated heterocycles. The highest BCUT2D eigenvalue weighted by Gasteiger charge is 2.11. The summed E-state index contributed by atoms with van der Waals surface area (Å²) in [7, 11) is 3.19. The van der Waals surface area contributed by atoms with Gasteiger partial charge in [-0.25, -0.2) is 4.68 Å². The van der Waals surface area contributed by atoms with Crippen LogP contribution in [0.15, 0.2) is 48.7 Å². The maximum Gasteiger partial charge on any atom is 0.161 e. The topological polar surface area (TPSA) is 69.4 Å². The van der Waals surface area contributed by atoms with E-state index in [9.17, 15) is 5.11 Å². The zero-order valence-corrected chi connectivity index (χ0v) is 12.9. The molecule has 0 spiro atoms. The Balaban J connectivity index is 1.99. The maximum absolute atomic E-state index is 9.44. The first-order valence-electron chi connectivity index (χ1n) is 7.10. The molecule has 3 rings (SSSR count). The van der Waals surface area contributed by atoms with Crippen molar-refractivity contribution in [1.82, 2.24) is 15.0 Å². The highest BCUT2D eigenvalue weighted by Crippen LogP contribution is 2.31. The fourth-order valence-electron chi connectivity index (χ4n) is 2.38. The van der Waals surface area contributed by atoms with E-state index in [0.717, 1.165) is 16.8 Å². The Morgan fingerprint density at radius 3 is 2.57 bits per heavy atom.